The highest BCUT2D eigenvalue weighted by Crippen LogP contribution is 2.31. The molecular weight excluding hydrogens is 260 g/mol. The van der Waals surface area contributed by atoms with E-state index in [9.17, 15) is 9.59 Å². The minimum Gasteiger partial charge on any atom is -0.481 e. The normalized spacial score (nSPS) is 21.6. The number of nitrogens with zero attached hydrogens (tertiary/aromatic N) is 1. The van der Waals surface area contributed by atoms with Crippen LogP contribution >= 0.6 is 0 Å². The van der Waals surface area contributed by atoms with E-state index in [2.05, 4.69) is 5.32 Å². The fourth-order valence-corrected chi connectivity index (χ4v) is 2.67. The molecule has 1 aromatic rings. The van der Waals surface area contributed by atoms with E-state index in [1.807, 2.05) is 0 Å². The maximum Gasteiger partial charge on any atom is 0.317 e. The van der Waals surface area contributed by atoms with E-state index in [0.29, 0.717) is 25.3 Å². The van der Waals surface area contributed by atoms with E-state index < -0.39 is 5.97 Å². The topological polar surface area (TPSA) is 82.8 Å². The molecule has 1 aliphatic carbocycles. The highest BCUT2D eigenvalue weighted by Gasteiger charge is 2.33. The van der Waals surface area contributed by atoms with Crippen LogP contribution in [0.15, 0.2) is 22.8 Å². The Morgan fingerprint density at radius 3 is 2.95 bits per heavy atom. The Morgan fingerprint density at radius 2 is 2.30 bits per heavy atom. The van der Waals surface area contributed by atoms with Crippen molar-refractivity contribution in [3.63, 3.8) is 0 Å². The zero-order valence-corrected chi connectivity index (χ0v) is 11.5. The number of carboxylic acid groups (broad SMARTS) is 1. The van der Waals surface area contributed by atoms with E-state index in [4.69, 9.17) is 9.52 Å². The number of hydrogen-bond acceptors (Lipinski definition) is 3. The molecule has 0 aromatic carbocycles. The summed E-state index contributed by atoms with van der Waals surface area (Å²) in [6, 6.07) is 3.37. The van der Waals surface area contributed by atoms with Gasteiger partial charge in [0.1, 0.15) is 5.76 Å². The third kappa shape index (κ3) is 3.53. The number of hydrogen-bond donors (Lipinski definition) is 2. The number of urea groups is 1. The fraction of sp³-hybridized carbons (Fsp3) is 0.571. The summed E-state index contributed by atoms with van der Waals surface area (Å²) in [5.74, 6) is -0.336. The van der Waals surface area contributed by atoms with Crippen molar-refractivity contribution in [1.29, 1.82) is 0 Å². The van der Waals surface area contributed by atoms with Gasteiger partial charge in [-0.25, -0.2) is 4.79 Å². The summed E-state index contributed by atoms with van der Waals surface area (Å²) in [7, 11) is 1.68. The molecule has 2 amide bonds. The molecule has 0 bridgehead atoms. The van der Waals surface area contributed by atoms with Crippen LogP contribution in [0.3, 0.4) is 0 Å². The molecule has 1 fully saturated rings. The zero-order valence-electron chi connectivity index (χ0n) is 11.5. The molecule has 2 atom stereocenters. The molecular formula is C14H20N2O4. The van der Waals surface area contributed by atoms with Crippen molar-refractivity contribution >= 4 is 12.0 Å². The van der Waals surface area contributed by atoms with Gasteiger partial charge in [0.25, 0.3) is 0 Å². The van der Waals surface area contributed by atoms with Crippen LogP contribution in [0, 0.1) is 11.8 Å². The summed E-state index contributed by atoms with van der Waals surface area (Å²) in [5.41, 5.74) is 0. The number of rotatable bonds is 5. The molecule has 2 unspecified atom stereocenters. The van der Waals surface area contributed by atoms with Gasteiger partial charge in [0, 0.05) is 13.6 Å². The van der Waals surface area contributed by atoms with Gasteiger partial charge in [-0.15, -0.1) is 0 Å². The summed E-state index contributed by atoms with van der Waals surface area (Å²) >= 11 is 0. The first kappa shape index (κ1) is 14.4. The molecule has 0 saturated heterocycles. The Labute approximate surface area is 117 Å². The fourth-order valence-electron chi connectivity index (χ4n) is 2.67. The molecule has 110 valence electrons. The SMILES string of the molecule is CN(Cc1ccco1)C(=O)NCC1CCCC1C(=O)O. The minimum atomic E-state index is -0.759. The highest BCUT2D eigenvalue weighted by atomic mass is 16.4. The first-order valence-corrected chi connectivity index (χ1v) is 6.82. The van der Waals surface area contributed by atoms with E-state index in [-0.39, 0.29) is 17.9 Å². The Bertz CT molecular complexity index is 458. The van der Waals surface area contributed by atoms with Crippen LogP contribution in [-0.4, -0.2) is 35.6 Å². The monoisotopic (exact) mass is 280 g/mol. The molecule has 20 heavy (non-hydrogen) atoms. The number of carbonyl (C=O) groups excluding carboxylic acids is 1. The molecule has 1 aromatic heterocycles. The maximum atomic E-state index is 11.9. The van der Waals surface area contributed by atoms with Gasteiger partial charge in [-0.2, -0.15) is 0 Å². The lowest BCUT2D eigenvalue weighted by molar-refractivity contribution is -0.142. The lowest BCUT2D eigenvalue weighted by Crippen LogP contribution is -2.40. The number of furan rings is 1. The molecule has 0 radical (unpaired) electrons. The molecule has 1 heterocycles. The summed E-state index contributed by atoms with van der Waals surface area (Å²) < 4.78 is 5.18. The van der Waals surface area contributed by atoms with Crippen LogP contribution < -0.4 is 5.32 Å². The molecule has 1 saturated carbocycles. The maximum absolute atomic E-state index is 11.9. The zero-order chi connectivity index (χ0) is 14.5. The third-order valence-electron chi connectivity index (χ3n) is 3.81. The van der Waals surface area contributed by atoms with Crippen molar-refractivity contribution in [2.75, 3.05) is 13.6 Å². The van der Waals surface area contributed by atoms with E-state index in [1.54, 1.807) is 25.4 Å². The average molecular weight is 280 g/mol. The number of carbonyl (C=O) groups is 2. The molecule has 1 aliphatic rings. The number of amides is 2. The van der Waals surface area contributed by atoms with Crippen molar-refractivity contribution in [3.05, 3.63) is 24.2 Å². The van der Waals surface area contributed by atoms with Gasteiger partial charge in [-0.3, -0.25) is 4.79 Å². The van der Waals surface area contributed by atoms with Gasteiger partial charge in [-0.05, 0) is 30.9 Å². The molecule has 2 rings (SSSR count). The van der Waals surface area contributed by atoms with Crippen molar-refractivity contribution in [3.8, 4) is 0 Å². The van der Waals surface area contributed by atoms with Crippen LogP contribution in [0.5, 0.6) is 0 Å². The lowest BCUT2D eigenvalue weighted by Gasteiger charge is -2.20. The first-order valence-electron chi connectivity index (χ1n) is 6.82. The average Bonchev–Trinajstić information content (AvgIpc) is 3.06. The van der Waals surface area contributed by atoms with Gasteiger partial charge < -0.3 is 19.7 Å². The van der Waals surface area contributed by atoms with Gasteiger partial charge in [0.05, 0.1) is 18.7 Å². The molecule has 6 heteroatoms. The predicted octanol–water partition coefficient (Wildman–Crippen LogP) is 1.92. The van der Waals surface area contributed by atoms with E-state index >= 15 is 0 Å². The molecule has 2 N–H and O–H groups in total. The summed E-state index contributed by atoms with van der Waals surface area (Å²) in [4.78, 5) is 24.5. The Hall–Kier alpha value is -1.98. The van der Waals surface area contributed by atoms with Gasteiger partial charge >= 0.3 is 12.0 Å². The number of aliphatic carboxylic acids is 1. The minimum absolute atomic E-state index is 0.0356. The van der Waals surface area contributed by atoms with Gasteiger partial charge in [0.2, 0.25) is 0 Å². The van der Waals surface area contributed by atoms with E-state index in [1.165, 1.54) is 4.90 Å². The summed E-state index contributed by atoms with van der Waals surface area (Å²) in [6.07, 6.45) is 4.05. The smallest absolute Gasteiger partial charge is 0.317 e. The van der Waals surface area contributed by atoms with Crippen LogP contribution in [0.1, 0.15) is 25.0 Å². The highest BCUT2D eigenvalue weighted by molar-refractivity contribution is 5.74. The molecule has 0 aliphatic heterocycles. The van der Waals surface area contributed by atoms with Crippen LogP contribution in [0.2, 0.25) is 0 Å². The van der Waals surface area contributed by atoms with Crippen molar-refractivity contribution in [2.45, 2.75) is 25.8 Å². The summed E-state index contributed by atoms with van der Waals surface area (Å²) in [5, 5.41) is 11.9. The standard InChI is InChI=1S/C14H20N2O4/c1-16(9-11-5-3-7-20-11)14(19)15-8-10-4-2-6-12(10)13(17)18/h3,5,7,10,12H,2,4,6,8-9H2,1H3,(H,15,19)(H,17,18). The molecule has 6 nitrogen and oxygen atoms in total. The number of carboxylic acids is 1. The second-order valence-electron chi connectivity index (χ2n) is 5.26. The Kier molecular flexibility index (Phi) is 4.65. The Morgan fingerprint density at radius 1 is 1.50 bits per heavy atom. The van der Waals surface area contributed by atoms with Gasteiger partial charge in [0.15, 0.2) is 0 Å². The van der Waals surface area contributed by atoms with Crippen LogP contribution in [0.4, 0.5) is 4.79 Å². The Balaban J connectivity index is 1.78. The van der Waals surface area contributed by atoms with E-state index in [0.717, 1.165) is 12.8 Å². The second kappa shape index (κ2) is 6.45. The van der Waals surface area contributed by atoms with Gasteiger partial charge in [-0.1, -0.05) is 6.42 Å². The first-order chi connectivity index (χ1) is 9.58. The second-order valence-corrected chi connectivity index (χ2v) is 5.26. The van der Waals surface area contributed by atoms with Crippen LogP contribution in [0.25, 0.3) is 0 Å². The number of nitrogens with one attached hydrogen (secondary N) is 1. The predicted molar refractivity (Wildman–Crippen MR) is 72.0 cm³/mol. The lowest BCUT2D eigenvalue weighted by atomic mass is 9.96. The largest absolute Gasteiger partial charge is 0.481 e. The van der Waals surface area contributed by atoms with Crippen molar-refractivity contribution < 1.29 is 19.1 Å². The summed E-state index contributed by atoms with van der Waals surface area (Å²) in [6.45, 7) is 0.810. The van der Waals surface area contributed by atoms with Crippen molar-refractivity contribution in [2.24, 2.45) is 11.8 Å². The third-order valence-corrected chi connectivity index (χ3v) is 3.81. The quantitative estimate of drug-likeness (QED) is 0.863. The molecule has 0 spiro atoms. The van der Waals surface area contributed by atoms with Crippen LogP contribution in [-0.2, 0) is 11.3 Å². The van der Waals surface area contributed by atoms with Crippen molar-refractivity contribution in [1.82, 2.24) is 10.2 Å².